The number of anilines is 1. The molecule has 0 aliphatic heterocycles. The second-order valence-electron chi connectivity index (χ2n) is 4.07. The van der Waals surface area contributed by atoms with Crippen molar-refractivity contribution in [2.24, 2.45) is 5.73 Å². The Bertz CT molecular complexity index is 438. The zero-order chi connectivity index (χ0) is 13.9. The number of amides is 1. The molecule has 18 heavy (non-hydrogen) atoms. The second-order valence-corrected chi connectivity index (χ2v) is 4.89. The van der Waals surface area contributed by atoms with Crippen LogP contribution in [-0.4, -0.2) is 11.4 Å². The summed E-state index contributed by atoms with van der Waals surface area (Å²) >= 11 is 11.3. The number of hydrogen-bond donors (Lipinski definition) is 2. The lowest BCUT2D eigenvalue weighted by Gasteiger charge is -2.25. The summed E-state index contributed by atoms with van der Waals surface area (Å²) in [5.74, 6) is -1.05. The van der Waals surface area contributed by atoms with Crippen LogP contribution in [0.2, 0.25) is 10.0 Å². The molecule has 3 nitrogen and oxygen atoms in total. The molecule has 1 amide bonds. The number of nitrogens with one attached hydrogen (secondary N) is 1. The van der Waals surface area contributed by atoms with Gasteiger partial charge < -0.3 is 11.1 Å². The Labute approximate surface area is 115 Å². The van der Waals surface area contributed by atoms with Gasteiger partial charge in [0.05, 0.1) is 15.6 Å². The molecule has 3 N–H and O–H groups in total. The highest BCUT2D eigenvalue weighted by molar-refractivity contribution is 6.35. The van der Waals surface area contributed by atoms with E-state index in [1.54, 1.807) is 0 Å². The number of benzene rings is 1. The van der Waals surface area contributed by atoms with Crippen LogP contribution in [0.4, 0.5) is 10.1 Å². The van der Waals surface area contributed by atoms with E-state index in [-0.39, 0.29) is 16.0 Å². The van der Waals surface area contributed by atoms with E-state index in [0.29, 0.717) is 18.5 Å². The van der Waals surface area contributed by atoms with Crippen LogP contribution in [0.1, 0.15) is 26.7 Å². The number of halogens is 3. The van der Waals surface area contributed by atoms with E-state index in [4.69, 9.17) is 28.9 Å². The standard InChI is InChI=1S/C12H15Cl2FN2O/c1-3-12(16,4-2)11(18)17-7-5-8(13)10(15)9(14)6-7/h5-6H,3-4,16H2,1-2H3,(H,17,18). The number of carbonyl (C=O) groups excluding carboxylic acids is 1. The van der Waals surface area contributed by atoms with Gasteiger partial charge in [-0.05, 0) is 25.0 Å². The van der Waals surface area contributed by atoms with Gasteiger partial charge in [-0.15, -0.1) is 0 Å². The summed E-state index contributed by atoms with van der Waals surface area (Å²) < 4.78 is 13.2. The van der Waals surface area contributed by atoms with Gasteiger partial charge in [0.25, 0.3) is 0 Å². The van der Waals surface area contributed by atoms with Gasteiger partial charge in [0.15, 0.2) is 5.82 Å². The molecule has 0 saturated carbocycles. The summed E-state index contributed by atoms with van der Waals surface area (Å²) in [4.78, 5) is 12.0. The first-order valence-corrected chi connectivity index (χ1v) is 6.34. The molecule has 0 spiro atoms. The van der Waals surface area contributed by atoms with Crippen molar-refractivity contribution in [3.63, 3.8) is 0 Å². The Morgan fingerprint density at radius 2 is 1.78 bits per heavy atom. The van der Waals surface area contributed by atoms with E-state index < -0.39 is 11.4 Å². The summed E-state index contributed by atoms with van der Waals surface area (Å²) in [7, 11) is 0. The van der Waals surface area contributed by atoms with Crippen LogP contribution >= 0.6 is 23.2 Å². The third-order valence-electron chi connectivity index (χ3n) is 2.96. The summed E-state index contributed by atoms with van der Waals surface area (Å²) in [5, 5.41) is 2.30. The predicted molar refractivity (Wildman–Crippen MR) is 72.6 cm³/mol. The first-order valence-electron chi connectivity index (χ1n) is 5.59. The highest BCUT2D eigenvalue weighted by atomic mass is 35.5. The van der Waals surface area contributed by atoms with E-state index in [2.05, 4.69) is 5.32 Å². The van der Waals surface area contributed by atoms with Crippen molar-refractivity contribution in [3.8, 4) is 0 Å². The third-order valence-corrected chi connectivity index (χ3v) is 3.51. The maximum Gasteiger partial charge on any atom is 0.244 e. The van der Waals surface area contributed by atoms with Crippen molar-refractivity contribution in [1.82, 2.24) is 0 Å². The maximum absolute atomic E-state index is 13.2. The molecule has 100 valence electrons. The van der Waals surface area contributed by atoms with E-state index in [0.717, 1.165) is 0 Å². The molecule has 0 unspecified atom stereocenters. The van der Waals surface area contributed by atoms with Crippen LogP contribution in [0, 0.1) is 5.82 Å². The zero-order valence-corrected chi connectivity index (χ0v) is 11.7. The van der Waals surface area contributed by atoms with Crippen molar-refractivity contribution in [1.29, 1.82) is 0 Å². The van der Waals surface area contributed by atoms with E-state index >= 15 is 0 Å². The SMILES string of the molecule is CCC(N)(CC)C(=O)Nc1cc(Cl)c(F)c(Cl)c1. The van der Waals surface area contributed by atoms with Crippen molar-refractivity contribution < 1.29 is 9.18 Å². The fraction of sp³-hybridized carbons (Fsp3) is 0.417. The molecule has 6 heteroatoms. The van der Waals surface area contributed by atoms with Gasteiger partial charge in [0.2, 0.25) is 5.91 Å². The normalized spacial score (nSPS) is 11.4. The minimum atomic E-state index is -0.951. The Balaban J connectivity index is 2.95. The van der Waals surface area contributed by atoms with Crippen molar-refractivity contribution in [3.05, 3.63) is 28.0 Å². The molecule has 1 aromatic carbocycles. The molecule has 0 bridgehead atoms. The fourth-order valence-electron chi connectivity index (χ4n) is 1.45. The Hall–Kier alpha value is -0.840. The number of nitrogens with two attached hydrogens (primary N) is 1. The van der Waals surface area contributed by atoms with Crippen LogP contribution in [0.5, 0.6) is 0 Å². The molecule has 0 atom stereocenters. The average molecular weight is 293 g/mol. The molecular formula is C12H15Cl2FN2O. The minimum Gasteiger partial charge on any atom is -0.324 e. The van der Waals surface area contributed by atoms with Gasteiger partial charge in [0, 0.05) is 5.69 Å². The quantitative estimate of drug-likeness (QED) is 0.833. The van der Waals surface area contributed by atoms with Crippen molar-refractivity contribution in [2.45, 2.75) is 32.2 Å². The lowest BCUT2D eigenvalue weighted by atomic mass is 9.93. The largest absolute Gasteiger partial charge is 0.324 e. The first kappa shape index (κ1) is 15.2. The van der Waals surface area contributed by atoms with Crippen LogP contribution in [-0.2, 0) is 4.79 Å². The molecule has 0 fully saturated rings. The fourth-order valence-corrected chi connectivity index (χ4v) is 1.94. The third kappa shape index (κ3) is 3.13. The maximum atomic E-state index is 13.2. The first-order chi connectivity index (χ1) is 8.34. The summed E-state index contributed by atoms with van der Waals surface area (Å²) in [6.07, 6.45) is 0.996. The molecule has 0 aromatic heterocycles. The molecule has 0 heterocycles. The second kappa shape index (κ2) is 5.87. The van der Waals surface area contributed by atoms with Gasteiger partial charge >= 0.3 is 0 Å². The lowest BCUT2D eigenvalue weighted by Crippen LogP contribution is -2.50. The molecule has 1 rings (SSSR count). The highest BCUT2D eigenvalue weighted by Gasteiger charge is 2.30. The molecule has 1 aromatic rings. The van der Waals surface area contributed by atoms with Crippen LogP contribution in [0.25, 0.3) is 0 Å². The number of carbonyl (C=O) groups is 1. The topological polar surface area (TPSA) is 55.1 Å². The number of hydrogen-bond acceptors (Lipinski definition) is 2. The van der Waals surface area contributed by atoms with Gasteiger partial charge in [-0.25, -0.2) is 4.39 Å². The van der Waals surface area contributed by atoms with E-state index in [1.165, 1.54) is 12.1 Å². The Morgan fingerprint density at radius 1 is 1.33 bits per heavy atom. The summed E-state index contributed by atoms with van der Waals surface area (Å²) in [6, 6.07) is 2.60. The van der Waals surface area contributed by atoms with Crippen LogP contribution < -0.4 is 11.1 Å². The molecule has 0 aliphatic carbocycles. The van der Waals surface area contributed by atoms with Gasteiger partial charge in [-0.2, -0.15) is 0 Å². The smallest absolute Gasteiger partial charge is 0.244 e. The Kier molecular flexibility index (Phi) is 4.96. The molecule has 0 aliphatic rings. The van der Waals surface area contributed by atoms with Crippen LogP contribution in [0.15, 0.2) is 12.1 Å². The average Bonchev–Trinajstić information content (AvgIpc) is 2.34. The lowest BCUT2D eigenvalue weighted by molar-refractivity contribution is -0.121. The minimum absolute atomic E-state index is 0.145. The van der Waals surface area contributed by atoms with Crippen molar-refractivity contribution >= 4 is 34.8 Å². The van der Waals surface area contributed by atoms with Gasteiger partial charge in [-0.3, -0.25) is 4.79 Å². The predicted octanol–water partition coefficient (Wildman–Crippen LogP) is 3.59. The molecule has 0 saturated heterocycles. The van der Waals surface area contributed by atoms with Gasteiger partial charge in [-0.1, -0.05) is 37.0 Å². The van der Waals surface area contributed by atoms with Gasteiger partial charge in [0.1, 0.15) is 0 Å². The van der Waals surface area contributed by atoms with Crippen LogP contribution in [0.3, 0.4) is 0 Å². The highest BCUT2D eigenvalue weighted by Crippen LogP contribution is 2.28. The van der Waals surface area contributed by atoms with Crippen molar-refractivity contribution in [2.75, 3.05) is 5.32 Å². The monoisotopic (exact) mass is 292 g/mol. The summed E-state index contributed by atoms with van der Waals surface area (Å²) in [5.41, 5.74) is 5.32. The molecular weight excluding hydrogens is 278 g/mol. The van der Waals surface area contributed by atoms with E-state index in [1.807, 2.05) is 13.8 Å². The zero-order valence-electron chi connectivity index (χ0n) is 10.2. The Morgan fingerprint density at radius 3 is 2.17 bits per heavy atom. The van der Waals surface area contributed by atoms with E-state index in [9.17, 15) is 9.18 Å². The number of rotatable bonds is 4. The summed E-state index contributed by atoms with van der Waals surface area (Å²) in [6.45, 7) is 3.65. The molecule has 0 radical (unpaired) electrons.